The monoisotopic (exact) mass is 456 g/mol. The highest BCUT2D eigenvalue weighted by atomic mass is 32.2. The van der Waals surface area contributed by atoms with Crippen LogP contribution in [0.25, 0.3) is 10.9 Å². The normalized spacial score (nSPS) is 11.8. The fraction of sp³-hybridized carbons (Fsp3) is 0.190. The first kappa shape index (κ1) is 22.8. The molecule has 0 aliphatic carbocycles. The van der Waals surface area contributed by atoms with E-state index in [1.807, 2.05) is 6.07 Å². The molecular formula is C21H20N4O6S. The van der Waals surface area contributed by atoms with Crippen molar-refractivity contribution in [3.05, 3.63) is 63.9 Å². The summed E-state index contributed by atoms with van der Waals surface area (Å²) in [5.74, 6) is -2.39. The lowest BCUT2D eigenvalue weighted by molar-refractivity contribution is -0.140. The predicted octanol–water partition coefficient (Wildman–Crippen LogP) is 1.85. The zero-order valence-corrected chi connectivity index (χ0v) is 17.5. The fourth-order valence-electron chi connectivity index (χ4n) is 2.93. The number of hydrogen-bond donors (Lipinski definition) is 5. The van der Waals surface area contributed by atoms with Gasteiger partial charge in [-0.15, -0.1) is 11.8 Å². The number of nitrogens with one attached hydrogen (secondary N) is 2. The van der Waals surface area contributed by atoms with E-state index in [1.54, 1.807) is 36.4 Å². The van der Waals surface area contributed by atoms with Crippen molar-refractivity contribution in [3.63, 3.8) is 0 Å². The first-order chi connectivity index (χ1) is 15.2. The van der Waals surface area contributed by atoms with E-state index < -0.39 is 23.9 Å². The molecule has 166 valence electrons. The Morgan fingerprint density at radius 3 is 2.50 bits per heavy atom. The number of anilines is 1. The number of benzene rings is 2. The van der Waals surface area contributed by atoms with Crippen molar-refractivity contribution < 1.29 is 24.6 Å². The minimum absolute atomic E-state index is 0.0605. The zero-order chi connectivity index (χ0) is 23.3. The van der Waals surface area contributed by atoms with Gasteiger partial charge in [0, 0.05) is 22.6 Å². The minimum atomic E-state index is -1.29. The van der Waals surface area contributed by atoms with E-state index >= 15 is 0 Å². The van der Waals surface area contributed by atoms with Gasteiger partial charge in [0.15, 0.2) is 0 Å². The Morgan fingerprint density at radius 2 is 1.84 bits per heavy atom. The van der Waals surface area contributed by atoms with Gasteiger partial charge in [-0.2, -0.15) is 0 Å². The van der Waals surface area contributed by atoms with Crippen LogP contribution in [0.4, 0.5) is 5.95 Å². The van der Waals surface area contributed by atoms with Crippen LogP contribution in [0.5, 0.6) is 0 Å². The molecule has 1 amide bonds. The van der Waals surface area contributed by atoms with Crippen molar-refractivity contribution in [1.82, 2.24) is 15.3 Å². The van der Waals surface area contributed by atoms with E-state index in [4.69, 9.17) is 15.9 Å². The Kier molecular flexibility index (Phi) is 7.11. The minimum Gasteiger partial charge on any atom is -0.481 e. The number of nitrogens with two attached hydrogens (primary N) is 1. The number of carbonyl (C=O) groups is 3. The maximum absolute atomic E-state index is 12.3. The molecule has 6 N–H and O–H groups in total. The summed E-state index contributed by atoms with van der Waals surface area (Å²) in [6, 6.07) is 10.6. The number of amides is 1. The smallest absolute Gasteiger partial charge is 0.326 e. The predicted molar refractivity (Wildman–Crippen MR) is 119 cm³/mol. The van der Waals surface area contributed by atoms with Crippen molar-refractivity contribution in [2.45, 2.75) is 29.5 Å². The number of aliphatic carboxylic acids is 2. The molecule has 11 heteroatoms. The highest BCUT2D eigenvalue weighted by Gasteiger charge is 2.21. The maximum atomic E-state index is 12.3. The van der Waals surface area contributed by atoms with Crippen LogP contribution in [-0.2, 0) is 15.3 Å². The molecule has 1 heterocycles. The fourth-order valence-corrected chi connectivity index (χ4v) is 3.77. The third-order valence-corrected chi connectivity index (χ3v) is 5.64. The molecular weight excluding hydrogens is 436 g/mol. The maximum Gasteiger partial charge on any atom is 0.326 e. The summed E-state index contributed by atoms with van der Waals surface area (Å²) in [5, 5.41) is 20.6. The van der Waals surface area contributed by atoms with Crippen LogP contribution in [0.15, 0.2) is 52.2 Å². The molecule has 1 atom stereocenters. The Bertz CT molecular complexity index is 1230. The average molecular weight is 456 g/mol. The molecule has 0 bridgehead atoms. The highest BCUT2D eigenvalue weighted by molar-refractivity contribution is 7.98. The molecule has 0 spiro atoms. The van der Waals surface area contributed by atoms with Crippen molar-refractivity contribution >= 4 is 46.5 Å². The van der Waals surface area contributed by atoms with Gasteiger partial charge < -0.3 is 21.3 Å². The van der Waals surface area contributed by atoms with Crippen LogP contribution in [-0.4, -0.2) is 44.1 Å². The van der Waals surface area contributed by atoms with Gasteiger partial charge in [0.1, 0.15) is 6.04 Å². The molecule has 32 heavy (non-hydrogen) atoms. The molecule has 0 fully saturated rings. The number of hydrogen-bond acceptors (Lipinski definition) is 7. The molecule has 0 aliphatic rings. The van der Waals surface area contributed by atoms with Crippen LogP contribution in [0.3, 0.4) is 0 Å². The number of carboxylic acid groups (broad SMARTS) is 2. The van der Waals surface area contributed by atoms with Gasteiger partial charge >= 0.3 is 11.9 Å². The average Bonchev–Trinajstić information content (AvgIpc) is 2.75. The summed E-state index contributed by atoms with van der Waals surface area (Å²) in [4.78, 5) is 53.6. The molecule has 0 radical (unpaired) electrons. The first-order valence-electron chi connectivity index (χ1n) is 9.49. The number of nitrogens with zero attached hydrogens (tertiary/aromatic N) is 1. The largest absolute Gasteiger partial charge is 0.481 e. The van der Waals surface area contributed by atoms with Crippen molar-refractivity contribution in [2.75, 3.05) is 5.73 Å². The van der Waals surface area contributed by atoms with Gasteiger partial charge in [0.25, 0.3) is 11.5 Å². The zero-order valence-electron chi connectivity index (χ0n) is 16.7. The molecule has 3 aromatic rings. The van der Waals surface area contributed by atoms with Crippen LogP contribution in [0.2, 0.25) is 0 Å². The number of aromatic amines is 1. The van der Waals surface area contributed by atoms with Gasteiger partial charge in [0.05, 0.1) is 10.9 Å². The van der Waals surface area contributed by atoms with Crippen LogP contribution in [0, 0.1) is 0 Å². The molecule has 10 nitrogen and oxygen atoms in total. The molecule has 0 unspecified atom stereocenters. The van der Waals surface area contributed by atoms with Crippen LogP contribution < -0.4 is 16.6 Å². The third kappa shape index (κ3) is 5.85. The second-order valence-electron chi connectivity index (χ2n) is 6.91. The van der Waals surface area contributed by atoms with E-state index in [-0.39, 0.29) is 29.9 Å². The van der Waals surface area contributed by atoms with Crippen molar-refractivity contribution in [2.24, 2.45) is 0 Å². The number of rotatable bonds is 9. The quantitative estimate of drug-likeness (QED) is 0.301. The highest BCUT2D eigenvalue weighted by Crippen LogP contribution is 2.24. The van der Waals surface area contributed by atoms with E-state index in [2.05, 4.69) is 15.3 Å². The number of thioether (sulfide) groups is 1. The number of nitrogen functional groups attached to an aromatic ring is 1. The summed E-state index contributed by atoms with van der Waals surface area (Å²) in [6.45, 7) is 0. The number of H-pyrrole nitrogens is 1. The summed E-state index contributed by atoms with van der Waals surface area (Å²) in [6.07, 6.45) is -0.571. The summed E-state index contributed by atoms with van der Waals surface area (Å²) in [5.41, 5.74) is 6.92. The van der Waals surface area contributed by atoms with Crippen molar-refractivity contribution in [1.29, 1.82) is 0 Å². The van der Waals surface area contributed by atoms with Gasteiger partial charge in [-0.1, -0.05) is 6.07 Å². The number of fused-ring (bicyclic) bond motifs is 1. The Morgan fingerprint density at radius 1 is 1.12 bits per heavy atom. The summed E-state index contributed by atoms with van der Waals surface area (Å²) in [7, 11) is 0. The molecule has 2 aromatic carbocycles. The van der Waals surface area contributed by atoms with Crippen LogP contribution >= 0.6 is 11.8 Å². The molecule has 0 saturated heterocycles. The van der Waals surface area contributed by atoms with Gasteiger partial charge in [-0.25, -0.2) is 9.78 Å². The van der Waals surface area contributed by atoms with Gasteiger partial charge in [-0.05, 0) is 48.4 Å². The number of carbonyl (C=O) groups excluding carboxylic acids is 1. The van der Waals surface area contributed by atoms with Crippen molar-refractivity contribution in [3.8, 4) is 0 Å². The Hall–Kier alpha value is -3.86. The molecule has 1 aromatic heterocycles. The molecule has 0 saturated carbocycles. The first-order valence-corrected chi connectivity index (χ1v) is 10.5. The van der Waals surface area contributed by atoms with E-state index in [1.165, 1.54) is 11.8 Å². The molecule has 3 rings (SSSR count). The van der Waals surface area contributed by atoms with E-state index in [0.29, 0.717) is 16.7 Å². The lowest BCUT2D eigenvalue weighted by Crippen LogP contribution is -2.41. The summed E-state index contributed by atoms with van der Waals surface area (Å²) >= 11 is 1.49. The number of carboxylic acids is 2. The standard InChI is InChI=1S/C21H20N4O6S/c22-21-24-15-6-1-11(9-14(15)19(29)25-21)10-32-13-4-2-12(3-5-13)18(28)23-16(20(30)31)7-8-17(26)27/h1-6,9,16H,7-8,10H2,(H,23,28)(H,26,27)(H,30,31)(H3,22,24,25,29)/t16-/m0/s1. The second kappa shape index (κ2) is 9.96. The SMILES string of the molecule is Nc1nc2ccc(CSc3ccc(C(=O)N[C@@H](CCC(=O)O)C(=O)O)cc3)cc2c(=O)[nH]1. The Labute approximate surface area is 185 Å². The lowest BCUT2D eigenvalue weighted by Gasteiger charge is -2.13. The Balaban J connectivity index is 1.62. The third-order valence-electron chi connectivity index (χ3n) is 4.56. The number of aromatic nitrogens is 2. The van der Waals surface area contributed by atoms with Crippen LogP contribution in [0.1, 0.15) is 28.8 Å². The lowest BCUT2D eigenvalue weighted by atomic mass is 10.1. The van der Waals surface area contributed by atoms with E-state index in [0.717, 1.165) is 10.5 Å². The second-order valence-corrected chi connectivity index (χ2v) is 7.96. The van der Waals surface area contributed by atoms with Gasteiger partial charge in [0.2, 0.25) is 5.95 Å². The molecule has 0 aliphatic heterocycles. The van der Waals surface area contributed by atoms with E-state index in [9.17, 15) is 19.2 Å². The summed E-state index contributed by atoms with van der Waals surface area (Å²) < 4.78 is 0. The van der Waals surface area contributed by atoms with Gasteiger partial charge in [-0.3, -0.25) is 19.4 Å². The topological polar surface area (TPSA) is 175 Å².